The highest BCUT2D eigenvalue weighted by Crippen LogP contribution is 2.15. The van der Waals surface area contributed by atoms with Crippen LogP contribution < -0.4 is 5.32 Å². The molecule has 1 aromatic rings. The Balaban J connectivity index is 2.01. The molecule has 1 aliphatic heterocycles. The van der Waals surface area contributed by atoms with Crippen LogP contribution in [0.1, 0.15) is 30.4 Å². The molecule has 1 fully saturated rings. The standard InChI is InChI=1S/C15H22N2O/c1-12-4-3-5-13(10-12)11-17-9-8-14(16-2)6-7-15(17)18/h3-5,10,14,16H,6-9,11H2,1-2H3. The van der Waals surface area contributed by atoms with Crippen molar-refractivity contribution in [1.29, 1.82) is 0 Å². The predicted molar refractivity (Wildman–Crippen MR) is 73.3 cm³/mol. The van der Waals surface area contributed by atoms with Crippen molar-refractivity contribution in [1.82, 2.24) is 10.2 Å². The monoisotopic (exact) mass is 246 g/mol. The fourth-order valence-corrected chi connectivity index (χ4v) is 2.52. The molecule has 0 aliphatic carbocycles. The third-order valence-electron chi connectivity index (χ3n) is 3.67. The molecule has 0 saturated carbocycles. The molecule has 0 spiro atoms. The van der Waals surface area contributed by atoms with E-state index in [9.17, 15) is 4.79 Å². The SMILES string of the molecule is CNC1CCC(=O)N(Cc2cccc(C)c2)CC1. The summed E-state index contributed by atoms with van der Waals surface area (Å²) in [5, 5.41) is 3.28. The van der Waals surface area contributed by atoms with Crippen molar-refractivity contribution >= 4 is 5.91 Å². The molecule has 1 unspecified atom stereocenters. The van der Waals surface area contributed by atoms with E-state index in [4.69, 9.17) is 0 Å². The van der Waals surface area contributed by atoms with Gasteiger partial charge in [0.05, 0.1) is 0 Å². The molecule has 0 aromatic heterocycles. The van der Waals surface area contributed by atoms with E-state index in [2.05, 4.69) is 36.5 Å². The molecule has 1 N–H and O–H groups in total. The zero-order valence-electron chi connectivity index (χ0n) is 11.3. The number of nitrogens with one attached hydrogen (secondary N) is 1. The number of hydrogen-bond donors (Lipinski definition) is 1. The number of carbonyl (C=O) groups excluding carboxylic acids is 1. The second kappa shape index (κ2) is 6.01. The zero-order valence-corrected chi connectivity index (χ0v) is 11.3. The Bertz CT molecular complexity index is 417. The fourth-order valence-electron chi connectivity index (χ4n) is 2.52. The Kier molecular flexibility index (Phi) is 4.37. The van der Waals surface area contributed by atoms with Crippen LogP contribution in [0.5, 0.6) is 0 Å². The Morgan fingerprint density at radius 3 is 2.94 bits per heavy atom. The normalized spacial score (nSPS) is 20.9. The molecule has 98 valence electrons. The van der Waals surface area contributed by atoms with Gasteiger partial charge in [0.25, 0.3) is 0 Å². The lowest BCUT2D eigenvalue weighted by Crippen LogP contribution is -2.30. The second-order valence-corrected chi connectivity index (χ2v) is 5.12. The first-order valence-electron chi connectivity index (χ1n) is 6.69. The molecule has 1 aromatic carbocycles. The average molecular weight is 246 g/mol. The van der Waals surface area contributed by atoms with Gasteiger partial charge in [0, 0.05) is 25.6 Å². The molecule has 1 amide bonds. The number of carbonyl (C=O) groups is 1. The van der Waals surface area contributed by atoms with Crippen molar-refractivity contribution in [2.24, 2.45) is 0 Å². The quantitative estimate of drug-likeness (QED) is 0.885. The molecule has 2 rings (SSSR count). The lowest BCUT2D eigenvalue weighted by atomic mass is 10.1. The van der Waals surface area contributed by atoms with Gasteiger partial charge in [-0.25, -0.2) is 0 Å². The first-order chi connectivity index (χ1) is 8.69. The molecular formula is C15H22N2O. The Morgan fingerprint density at radius 2 is 2.22 bits per heavy atom. The van der Waals surface area contributed by atoms with Gasteiger partial charge >= 0.3 is 0 Å². The predicted octanol–water partition coefficient (Wildman–Crippen LogP) is 2.10. The smallest absolute Gasteiger partial charge is 0.222 e. The molecule has 18 heavy (non-hydrogen) atoms. The molecule has 1 atom stereocenters. The molecule has 1 saturated heterocycles. The number of nitrogens with zero attached hydrogens (tertiary/aromatic N) is 1. The third-order valence-corrected chi connectivity index (χ3v) is 3.67. The van der Waals surface area contributed by atoms with Crippen LogP contribution in [0.3, 0.4) is 0 Å². The molecule has 0 bridgehead atoms. The second-order valence-electron chi connectivity index (χ2n) is 5.12. The van der Waals surface area contributed by atoms with Gasteiger partial charge in [0.2, 0.25) is 5.91 Å². The molecular weight excluding hydrogens is 224 g/mol. The van der Waals surface area contributed by atoms with E-state index >= 15 is 0 Å². The molecule has 3 nitrogen and oxygen atoms in total. The number of benzene rings is 1. The van der Waals surface area contributed by atoms with Crippen LogP contribution in [-0.4, -0.2) is 30.4 Å². The van der Waals surface area contributed by atoms with Crippen LogP contribution in [0.2, 0.25) is 0 Å². The summed E-state index contributed by atoms with van der Waals surface area (Å²) >= 11 is 0. The van der Waals surface area contributed by atoms with Crippen molar-refractivity contribution in [2.45, 2.75) is 38.8 Å². The largest absolute Gasteiger partial charge is 0.338 e. The highest BCUT2D eigenvalue weighted by atomic mass is 16.2. The van der Waals surface area contributed by atoms with Gasteiger partial charge in [-0.2, -0.15) is 0 Å². The van der Waals surface area contributed by atoms with Crippen LogP contribution in [0.4, 0.5) is 0 Å². The number of hydrogen-bond acceptors (Lipinski definition) is 2. The molecule has 3 heteroatoms. The van der Waals surface area contributed by atoms with E-state index in [1.807, 2.05) is 11.9 Å². The molecule has 0 radical (unpaired) electrons. The summed E-state index contributed by atoms with van der Waals surface area (Å²) in [4.78, 5) is 14.1. The highest BCUT2D eigenvalue weighted by molar-refractivity contribution is 5.76. The lowest BCUT2D eigenvalue weighted by Gasteiger charge is -2.21. The van der Waals surface area contributed by atoms with E-state index in [-0.39, 0.29) is 5.91 Å². The lowest BCUT2D eigenvalue weighted by molar-refractivity contribution is -0.131. The Morgan fingerprint density at radius 1 is 1.39 bits per heavy atom. The van der Waals surface area contributed by atoms with Gasteiger partial charge in [-0.3, -0.25) is 4.79 Å². The maximum atomic E-state index is 12.1. The summed E-state index contributed by atoms with van der Waals surface area (Å²) in [5.41, 5.74) is 2.48. The first-order valence-corrected chi connectivity index (χ1v) is 6.69. The summed E-state index contributed by atoms with van der Waals surface area (Å²) in [6.45, 7) is 3.69. The number of likely N-dealkylation sites (tertiary alicyclic amines) is 1. The van der Waals surface area contributed by atoms with Crippen LogP contribution in [-0.2, 0) is 11.3 Å². The van der Waals surface area contributed by atoms with Crippen molar-refractivity contribution in [3.63, 3.8) is 0 Å². The third kappa shape index (κ3) is 3.33. The average Bonchev–Trinajstić information content (AvgIpc) is 2.53. The summed E-state index contributed by atoms with van der Waals surface area (Å²) in [6, 6.07) is 8.89. The summed E-state index contributed by atoms with van der Waals surface area (Å²) in [7, 11) is 1.98. The number of rotatable bonds is 3. The highest BCUT2D eigenvalue weighted by Gasteiger charge is 2.21. The maximum absolute atomic E-state index is 12.1. The van der Waals surface area contributed by atoms with Crippen molar-refractivity contribution in [3.05, 3.63) is 35.4 Å². The van der Waals surface area contributed by atoms with Crippen LogP contribution in [0.15, 0.2) is 24.3 Å². The molecule has 1 aliphatic rings. The van der Waals surface area contributed by atoms with E-state index in [1.54, 1.807) is 0 Å². The topological polar surface area (TPSA) is 32.3 Å². The van der Waals surface area contributed by atoms with Crippen LogP contribution >= 0.6 is 0 Å². The van der Waals surface area contributed by atoms with Gasteiger partial charge in [-0.05, 0) is 32.4 Å². The van der Waals surface area contributed by atoms with Crippen LogP contribution in [0, 0.1) is 6.92 Å². The van der Waals surface area contributed by atoms with E-state index in [1.165, 1.54) is 11.1 Å². The minimum Gasteiger partial charge on any atom is -0.338 e. The number of aryl methyl sites for hydroxylation is 1. The maximum Gasteiger partial charge on any atom is 0.222 e. The first kappa shape index (κ1) is 13.1. The minimum atomic E-state index is 0.286. The van der Waals surface area contributed by atoms with Gasteiger partial charge in [-0.15, -0.1) is 0 Å². The van der Waals surface area contributed by atoms with E-state index in [0.29, 0.717) is 12.5 Å². The van der Waals surface area contributed by atoms with E-state index in [0.717, 1.165) is 25.9 Å². The van der Waals surface area contributed by atoms with Crippen molar-refractivity contribution in [3.8, 4) is 0 Å². The van der Waals surface area contributed by atoms with Gasteiger partial charge in [0.15, 0.2) is 0 Å². The molecule has 1 heterocycles. The zero-order chi connectivity index (χ0) is 13.0. The Labute approximate surface area is 109 Å². The van der Waals surface area contributed by atoms with Crippen LogP contribution in [0.25, 0.3) is 0 Å². The summed E-state index contributed by atoms with van der Waals surface area (Å²) in [6.07, 6.45) is 2.67. The van der Waals surface area contributed by atoms with Gasteiger partial charge in [0.1, 0.15) is 0 Å². The van der Waals surface area contributed by atoms with E-state index < -0.39 is 0 Å². The summed E-state index contributed by atoms with van der Waals surface area (Å²) in [5.74, 6) is 0.286. The van der Waals surface area contributed by atoms with Gasteiger partial charge in [-0.1, -0.05) is 29.8 Å². The van der Waals surface area contributed by atoms with Crippen molar-refractivity contribution < 1.29 is 4.79 Å². The fraction of sp³-hybridized carbons (Fsp3) is 0.533. The minimum absolute atomic E-state index is 0.286. The summed E-state index contributed by atoms with van der Waals surface area (Å²) < 4.78 is 0. The van der Waals surface area contributed by atoms with Crippen molar-refractivity contribution in [2.75, 3.05) is 13.6 Å². The number of amides is 1. The Hall–Kier alpha value is -1.35. The van der Waals surface area contributed by atoms with Gasteiger partial charge < -0.3 is 10.2 Å².